The molecule has 1 atom stereocenters. The van der Waals surface area contributed by atoms with Gasteiger partial charge in [-0.2, -0.15) is 0 Å². The van der Waals surface area contributed by atoms with Crippen molar-refractivity contribution in [3.05, 3.63) is 58.5 Å². The van der Waals surface area contributed by atoms with Crippen LogP contribution in [0.1, 0.15) is 34.6 Å². The molecule has 116 valence electrons. The van der Waals surface area contributed by atoms with Crippen molar-refractivity contribution in [1.82, 2.24) is 16.2 Å². The quantitative estimate of drug-likeness (QED) is 0.760. The van der Waals surface area contributed by atoms with E-state index in [1.165, 1.54) is 12.3 Å². The number of amides is 3. The van der Waals surface area contributed by atoms with E-state index >= 15 is 0 Å². The second-order valence-electron chi connectivity index (χ2n) is 4.72. The van der Waals surface area contributed by atoms with Gasteiger partial charge >= 0.3 is 6.03 Å². The standard InChI is InChI=1S/C15H16ClN3O3/c1-9(11-3-5-12(16)6-4-11)17-15(21)19-18-14(20)13-7-8-22-10(13)2/h3-9H,1-2H3,(H,18,20)(H2,17,19,21). The number of nitrogens with one attached hydrogen (secondary N) is 3. The first kappa shape index (κ1) is 15.9. The second-order valence-corrected chi connectivity index (χ2v) is 5.15. The molecule has 2 aromatic rings. The van der Waals surface area contributed by atoms with Crippen molar-refractivity contribution >= 4 is 23.5 Å². The van der Waals surface area contributed by atoms with Gasteiger partial charge in [-0.05, 0) is 37.6 Å². The van der Waals surface area contributed by atoms with Gasteiger partial charge in [-0.15, -0.1) is 0 Å². The van der Waals surface area contributed by atoms with Crippen molar-refractivity contribution in [3.63, 3.8) is 0 Å². The number of furan rings is 1. The molecule has 1 unspecified atom stereocenters. The van der Waals surface area contributed by atoms with E-state index in [0.29, 0.717) is 16.3 Å². The molecule has 2 rings (SSSR count). The van der Waals surface area contributed by atoms with Gasteiger partial charge in [-0.25, -0.2) is 10.2 Å². The normalized spacial score (nSPS) is 11.6. The zero-order valence-corrected chi connectivity index (χ0v) is 12.9. The smallest absolute Gasteiger partial charge is 0.333 e. The highest BCUT2D eigenvalue weighted by Crippen LogP contribution is 2.15. The van der Waals surface area contributed by atoms with E-state index in [4.69, 9.17) is 16.0 Å². The van der Waals surface area contributed by atoms with Crippen LogP contribution in [0.3, 0.4) is 0 Å². The molecule has 6 nitrogen and oxygen atoms in total. The summed E-state index contributed by atoms with van der Waals surface area (Å²) in [5.41, 5.74) is 5.87. The van der Waals surface area contributed by atoms with Crippen LogP contribution in [0.25, 0.3) is 0 Å². The molecule has 1 heterocycles. The summed E-state index contributed by atoms with van der Waals surface area (Å²) < 4.78 is 5.02. The molecule has 0 fully saturated rings. The predicted octanol–water partition coefficient (Wildman–Crippen LogP) is 2.95. The Hall–Kier alpha value is -2.47. The summed E-state index contributed by atoms with van der Waals surface area (Å²) in [6.07, 6.45) is 1.41. The first-order valence-corrected chi connectivity index (χ1v) is 7.01. The third-order valence-electron chi connectivity index (χ3n) is 3.11. The van der Waals surface area contributed by atoms with Crippen molar-refractivity contribution in [2.75, 3.05) is 0 Å². The molecule has 1 aromatic heterocycles. The lowest BCUT2D eigenvalue weighted by atomic mass is 10.1. The molecule has 7 heteroatoms. The fourth-order valence-corrected chi connectivity index (χ4v) is 1.99. The Kier molecular flexibility index (Phi) is 5.06. The van der Waals surface area contributed by atoms with Gasteiger partial charge < -0.3 is 9.73 Å². The number of rotatable bonds is 3. The lowest BCUT2D eigenvalue weighted by Crippen LogP contribution is -2.47. The third-order valence-corrected chi connectivity index (χ3v) is 3.36. The molecule has 0 bridgehead atoms. The van der Waals surface area contributed by atoms with Crippen LogP contribution in [0.2, 0.25) is 5.02 Å². The summed E-state index contributed by atoms with van der Waals surface area (Å²) in [5.74, 6) is 0.0368. The number of hydrogen-bond donors (Lipinski definition) is 3. The van der Waals surface area contributed by atoms with Crippen molar-refractivity contribution < 1.29 is 14.0 Å². The summed E-state index contributed by atoms with van der Waals surface area (Å²) in [6.45, 7) is 3.49. The molecule has 3 N–H and O–H groups in total. The van der Waals surface area contributed by atoms with E-state index < -0.39 is 11.9 Å². The van der Waals surface area contributed by atoms with Crippen molar-refractivity contribution in [2.24, 2.45) is 0 Å². The highest BCUT2D eigenvalue weighted by molar-refractivity contribution is 6.30. The van der Waals surface area contributed by atoms with E-state index in [2.05, 4.69) is 16.2 Å². The van der Waals surface area contributed by atoms with Crippen LogP contribution < -0.4 is 16.2 Å². The van der Waals surface area contributed by atoms with Gasteiger partial charge in [0.25, 0.3) is 5.91 Å². The van der Waals surface area contributed by atoms with E-state index in [-0.39, 0.29) is 6.04 Å². The predicted molar refractivity (Wildman–Crippen MR) is 82.4 cm³/mol. The Morgan fingerprint density at radius 2 is 1.82 bits per heavy atom. The van der Waals surface area contributed by atoms with Gasteiger partial charge in [0.1, 0.15) is 5.76 Å². The SMILES string of the molecule is Cc1occc1C(=O)NNC(=O)NC(C)c1ccc(Cl)cc1. The minimum absolute atomic E-state index is 0.232. The first-order chi connectivity index (χ1) is 10.5. The van der Waals surface area contributed by atoms with E-state index in [1.807, 2.05) is 19.1 Å². The molecule has 0 spiro atoms. The number of urea groups is 1. The molecule has 0 aliphatic carbocycles. The molecule has 3 amide bonds. The van der Waals surface area contributed by atoms with Crippen LogP contribution in [0.4, 0.5) is 4.79 Å². The lowest BCUT2D eigenvalue weighted by Gasteiger charge is -2.15. The Bertz CT molecular complexity index is 667. The number of benzene rings is 1. The van der Waals surface area contributed by atoms with Gasteiger partial charge in [0, 0.05) is 5.02 Å². The van der Waals surface area contributed by atoms with Gasteiger partial charge in [0.15, 0.2) is 0 Å². The number of carbonyl (C=O) groups is 2. The minimum Gasteiger partial charge on any atom is -0.469 e. The maximum absolute atomic E-state index is 11.8. The topological polar surface area (TPSA) is 83.4 Å². The molecule has 1 aromatic carbocycles. The lowest BCUT2D eigenvalue weighted by molar-refractivity contribution is 0.0934. The average Bonchev–Trinajstić information content (AvgIpc) is 2.91. The molecule has 0 radical (unpaired) electrons. The van der Waals surface area contributed by atoms with Crippen LogP contribution >= 0.6 is 11.6 Å². The van der Waals surface area contributed by atoms with Crippen molar-refractivity contribution in [1.29, 1.82) is 0 Å². The summed E-state index contributed by atoms with van der Waals surface area (Å²) in [6, 6.07) is 7.91. The van der Waals surface area contributed by atoms with Gasteiger partial charge in [0.2, 0.25) is 0 Å². The summed E-state index contributed by atoms with van der Waals surface area (Å²) in [7, 11) is 0. The van der Waals surface area contributed by atoms with E-state index in [9.17, 15) is 9.59 Å². The molecule has 0 saturated heterocycles. The Balaban J connectivity index is 1.84. The fourth-order valence-electron chi connectivity index (χ4n) is 1.87. The second kappa shape index (κ2) is 7.00. The summed E-state index contributed by atoms with van der Waals surface area (Å²) in [4.78, 5) is 23.6. The third kappa shape index (κ3) is 4.02. The minimum atomic E-state index is -0.517. The molecule has 0 saturated carbocycles. The maximum Gasteiger partial charge on any atom is 0.333 e. The zero-order valence-electron chi connectivity index (χ0n) is 12.1. The molecule has 0 aliphatic heterocycles. The van der Waals surface area contributed by atoms with E-state index in [0.717, 1.165) is 5.56 Å². The fraction of sp³-hybridized carbons (Fsp3) is 0.200. The summed E-state index contributed by atoms with van der Waals surface area (Å²) >= 11 is 5.81. The van der Waals surface area contributed by atoms with Gasteiger partial charge in [-0.3, -0.25) is 10.2 Å². The van der Waals surface area contributed by atoms with Crippen LogP contribution in [-0.2, 0) is 0 Å². The van der Waals surface area contributed by atoms with Gasteiger partial charge in [0.05, 0.1) is 17.9 Å². The monoisotopic (exact) mass is 321 g/mol. The number of aryl methyl sites for hydroxylation is 1. The molecule has 22 heavy (non-hydrogen) atoms. The Morgan fingerprint density at radius 1 is 1.14 bits per heavy atom. The van der Waals surface area contributed by atoms with Gasteiger partial charge in [-0.1, -0.05) is 23.7 Å². The average molecular weight is 322 g/mol. The Labute approximate surface area is 132 Å². The summed E-state index contributed by atoms with van der Waals surface area (Å²) in [5, 5.41) is 3.33. The maximum atomic E-state index is 11.8. The van der Waals surface area contributed by atoms with Crippen molar-refractivity contribution in [3.8, 4) is 0 Å². The van der Waals surface area contributed by atoms with Crippen LogP contribution in [0.15, 0.2) is 41.0 Å². The Morgan fingerprint density at radius 3 is 2.41 bits per heavy atom. The van der Waals surface area contributed by atoms with Crippen molar-refractivity contribution in [2.45, 2.75) is 19.9 Å². The van der Waals surface area contributed by atoms with E-state index in [1.54, 1.807) is 19.1 Å². The number of halogens is 1. The first-order valence-electron chi connectivity index (χ1n) is 6.64. The zero-order chi connectivity index (χ0) is 16.1. The largest absolute Gasteiger partial charge is 0.469 e. The highest BCUT2D eigenvalue weighted by atomic mass is 35.5. The van der Waals surface area contributed by atoms with Crippen LogP contribution in [0, 0.1) is 6.92 Å². The molecule has 0 aliphatic rings. The highest BCUT2D eigenvalue weighted by Gasteiger charge is 2.13. The molecular weight excluding hydrogens is 306 g/mol. The number of carbonyl (C=O) groups excluding carboxylic acids is 2. The molecular formula is C15H16ClN3O3. The number of hydrogen-bond acceptors (Lipinski definition) is 3. The number of hydrazine groups is 1. The van der Waals surface area contributed by atoms with Crippen LogP contribution in [-0.4, -0.2) is 11.9 Å². The van der Waals surface area contributed by atoms with Crippen LogP contribution in [0.5, 0.6) is 0 Å².